The molecule has 0 aliphatic heterocycles. The Labute approximate surface area is 203 Å². The number of H-pyrrole nitrogens is 1. The molecule has 0 aliphatic rings. The molecule has 3 rings (SSSR count). The van der Waals surface area contributed by atoms with Gasteiger partial charge in [0.2, 0.25) is 0 Å². The molecule has 0 aliphatic carbocycles. The number of hydrogen-bond acceptors (Lipinski definition) is 6. The van der Waals surface area contributed by atoms with E-state index in [4.69, 9.17) is 4.74 Å². The summed E-state index contributed by atoms with van der Waals surface area (Å²) in [6.07, 6.45) is 0.495. The van der Waals surface area contributed by atoms with Crippen molar-refractivity contribution >= 4 is 16.9 Å². The van der Waals surface area contributed by atoms with Crippen molar-refractivity contribution in [2.24, 2.45) is 11.3 Å². The number of ether oxygens (including phenoxy) is 1. The van der Waals surface area contributed by atoms with E-state index in [-0.39, 0.29) is 17.3 Å². The average Bonchev–Trinajstić information content (AvgIpc) is 3.20. The predicted molar refractivity (Wildman–Crippen MR) is 133 cm³/mol. The molecular weight excluding hydrogens is 452 g/mol. The average molecular weight is 487 g/mol. The lowest BCUT2D eigenvalue weighted by atomic mass is 9.83. The Kier molecular flexibility index (Phi) is 7.72. The molecule has 0 saturated carbocycles. The lowest BCUT2D eigenvalue weighted by molar-refractivity contribution is 0.170. The van der Waals surface area contributed by atoms with Gasteiger partial charge in [-0.15, -0.1) is 0 Å². The molecule has 2 heterocycles. The van der Waals surface area contributed by atoms with Gasteiger partial charge in [0, 0.05) is 17.5 Å². The fraction of sp³-hybridized carbons (Fsp3) is 0.520. The molecule has 3 N–H and O–H groups in total. The number of rotatable bonds is 9. The zero-order valence-corrected chi connectivity index (χ0v) is 21.1. The molecule has 190 valence electrons. The maximum Gasteiger partial charge on any atom is 0.439 e. The molecule has 0 bridgehead atoms. The fourth-order valence-corrected chi connectivity index (χ4v) is 4.06. The number of carboxylic acid groups (broad SMARTS) is 1. The van der Waals surface area contributed by atoms with E-state index in [0.717, 1.165) is 12.8 Å². The maximum atomic E-state index is 13.8. The molecule has 1 unspecified atom stereocenters. The second kappa shape index (κ2) is 10.4. The van der Waals surface area contributed by atoms with Crippen LogP contribution in [-0.4, -0.2) is 32.5 Å². The Morgan fingerprint density at radius 1 is 1.26 bits per heavy atom. The van der Waals surface area contributed by atoms with Gasteiger partial charge in [-0.2, -0.15) is 0 Å². The third-order valence-corrected chi connectivity index (χ3v) is 5.68. The molecule has 3 aromatic rings. The van der Waals surface area contributed by atoms with Gasteiger partial charge in [0.05, 0.1) is 23.7 Å². The first-order valence-corrected chi connectivity index (χ1v) is 11.8. The molecule has 0 saturated heterocycles. The number of aromatic nitrogens is 3. The number of hydrogen-bond donors (Lipinski definition) is 3. The number of carbonyl (C=O) groups is 1. The zero-order chi connectivity index (χ0) is 25.9. The van der Waals surface area contributed by atoms with Gasteiger partial charge in [-0.05, 0) is 29.9 Å². The van der Waals surface area contributed by atoms with Crippen molar-refractivity contribution < 1.29 is 19.2 Å². The van der Waals surface area contributed by atoms with E-state index in [1.165, 1.54) is 0 Å². The molecule has 0 radical (unpaired) electrons. The molecule has 2 aromatic heterocycles. The van der Waals surface area contributed by atoms with Crippen molar-refractivity contribution in [2.45, 2.75) is 67.0 Å². The van der Waals surface area contributed by atoms with E-state index in [2.05, 4.69) is 20.0 Å². The van der Waals surface area contributed by atoms with Gasteiger partial charge in [0.1, 0.15) is 5.75 Å². The van der Waals surface area contributed by atoms with Crippen LogP contribution < -0.4 is 21.4 Å². The van der Waals surface area contributed by atoms with Crippen molar-refractivity contribution in [1.82, 2.24) is 20.0 Å². The summed E-state index contributed by atoms with van der Waals surface area (Å²) >= 11 is 0. The summed E-state index contributed by atoms with van der Waals surface area (Å²) < 4.78 is 12.6. The monoisotopic (exact) mass is 486 g/mol. The van der Waals surface area contributed by atoms with E-state index in [9.17, 15) is 19.5 Å². The molecule has 1 amide bonds. The van der Waals surface area contributed by atoms with Crippen LogP contribution in [-0.2, 0) is 6.54 Å². The molecule has 1 atom stereocenters. The van der Waals surface area contributed by atoms with Crippen molar-refractivity contribution in [3.63, 3.8) is 0 Å². The van der Waals surface area contributed by atoms with Crippen LogP contribution in [0, 0.1) is 11.3 Å². The summed E-state index contributed by atoms with van der Waals surface area (Å²) in [5.74, 6) is 0.0961. The minimum Gasteiger partial charge on any atom is -0.491 e. The second-order valence-electron chi connectivity index (χ2n) is 10.2. The summed E-state index contributed by atoms with van der Waals surface area (Å²) in [5, 5.41) is 17.0. The summed E-state index contributed by atoms with van der Waals surface area (Å²) in [7, 11) is 0. The normalized spacial score (nSPS) is 12.8. The second-order valence-corrected chi connectivity index (χ2v) is 10.2. The number of amides is 1. The van der Waals surface area contributed by atoms with Crippen LogP contribution in [0.5, 0.6) is 5.75 Å². The summed E-state index contributed by atoms with van der Waals surface area (Å²) in [4.78, 5) is 39.6. The lowest BCUT2D eigenvalue weighted by Crippen LogP contribution is -2.40. The van der Waals surface area contributed by atoms with Gasteiger partial charge < -0.3 is 19.7 Å². The van der Waals surface area contributed by atoms with Crippen LogP contribution in [0.15, 0.2) is 32.3 Å². The molecule has 1 aromatic carbocycles. The lowest BCUT2D eigenvalue weighted by Gasteiger charge is -2.34. The number of nitrogens with one attached hydrogen (secondary N) is 2. The largest absolute Gasteiger partial charge is 0.491 e. The Morgan fingerprint density at radius 2 is 1.97 bits per heavy atom. The minimum atomic E-state index is -1.19. The number of pyridine rings is 1. The zero-order valence-electron chi connectivity index (χ0n) is 21.1. The number of unbranched alkanes of at least 4 members (excludes halogenated alkanes) is 1. The van der Waals surface area contributed by atoms with Gasteiger partial charge in [-0.1, -0.05) is 59.2 Å². The standard InChI is InChI=1S/C25H34N4O6/c1-7-8-11-34-19-17-12-15(21-27-24(33)35-28-21)9-10-16(17)22(30)29(13-14(2)3)18(19)20(25(4,5)6)26-23(31)32/h9-10,12,14,20,26H,7-8,11,13H2,1-6H3,(H,31,32)(H,27,28,33). The number of nitrogens with zero attached hydrogens (tertiary/aromatic N) is 2. The summed E-state index contributed by atoms with van der Waals surface area (Å²) in [6.45, 7) is 12.6. The molecular formula is C25H34N4O6. The molecule has 0 fully saturated rings. The third-order valence-electron chi connectivity index (χ3n) is 5.68. The quantitative estimate of drug-likeness (QED) is 0.377. The highest BCUT2D eigenvalue weighted by Crippen LogP contribution is 2.41. The topological polar surface area (TPSA) is 139 Å². The van der Waals surface area contributed by atoms with Crippen molar-refractivity contribution in [3.05, 3.63) is 44.8 Å². The number of aromatic amines is 1. The Hall–Kier alpha value is -3.56. The Balaban J connectivity index is 2.44. The highest BCUT2D eigenvalue weighted by Gasteiger charge is 2.35. The van der Waals surface area contributed by atoms with E-state index in [1.807, 2.05) is 41.5 Å². The first kappa shape index (κ1) is 26.1. The van der Waals surface area contributed by atoms with Crippen LogP contribution in [0.25, 0.3) is 22.2 Å². The van der Waals surface area contributed by atoms with Crippen LogP contribution in [0.1, 0.15) is 66.1 Å². The van der Waals surface area contributed by atoms with Gasteiger partial charge >= 0.3 is 11.8 Å². The first-order valence-electron chi connectivity index (χ1n) is 11.8. The molecule has 10 heteroatoms. The van der Waals surface area contributed by atoms with Crippen molar-refractivity contribution in [3.8, 4) is 17.1 Å². The van der Waals surface area contributed by atoms with E-state index in [1.54, 1.807) is 22.8 Å². The smallest absolute Gasteiger partial charge is 0.439 e. The number of benzene rings is 1. The van der Waals surface area contributed by atoms with Crippen LogP contribution in [0.2, 0.25) is 0 Å². The van der Waals surface area contributed by atoms with E-state index < -0.39 is 23.3 Å². The van der Waals surface area contributed by atoms with Crippen molar-refractivity contribution in [2.75, 3.05) is 6.61 Å². The maximum absolute atomic E-state index is 13.8. The Bertz CT molecular complexity index is 1310. The van der Waals surface area contributed by atoms with Crippen LogP contribution in [0.3, 0.4) is 0 Å². The summed E-state index contributed by atoms with van der Waals surface area (Å²) in [5.41, 5.74) is 0.199. The molecule has 10 nitrogen and oxygen atoms in total. The third kappa shape index (κ3) is 5.75. The minimum absolute atomic E-state index is 0.123. The van der Waals surface area contributed by atoms with E-state index >= 15 is 0 Å². The summed E-state index contributed by atoms with van der Waals surface area (Å²) in [6, 6.07) is 4.34. The highest BCUT2D eigenvalue weighted by atomic mass is 16.5. The SMILES string of the molecule is CCCCOc1c(C(NC(=O)O)C(C)(C)C)n(CC(C)C)c(=O)c2ccc(-c3noc(=O)[nH]3)cc12. The molecule has 35 heavy (non-hydrogen) atoms. The van der Waals surface area contributed by atoms with Gasteiger partial charge in [-0.25, -0.2) is 9.59 Å². The first-order chi connectivity index (χ1) is 16.4. The Morgan fingerprint density at radius 3 is 2.51 bits per heavy atom. The van der Waals surface area contributed by atoms with Crippen LogP contribution in [0.4, 0.5) is 4.79 Å². The highest BCUT2D eigenvalue weighted by molar-refractivity contribution is 5.92. The van der Waals surface area contributed by atoms with Gasteiger partial charge in [0.25, 0.3) is 5.56 Å². The van der Waals surface area contributed by atoms with Crippen LogP contribution >= 0.6 is 0 Å². The van der Waals surface area contributed by atoms with Gasteiger partial charge in [-0.3, -0.25) is 14.3 Å². The van der Waals surface area contributed by atoms with Gasteiger partial charge in [0.15, 0.2) is 5.82 Å². The predicted octanol–water partition coefficient (Wildman–Crippen LogP) is 4.53. The van der Waals surface area contributed by atoms with Crippen molar-refractivity contribution in [1.29, 1.82) is 0 Å². The molecule has 0 spiro atoms. The fourth-order valence-electron chi connectivity index (χ4n) is 4.06. The number of fused-ring (bicyclic) bond motifs is 1. The van der Waals surface area contributed by atoms with E-state index in [0.29, 0.717) is 40.9 Å².